The minimum atomic E-state index is -4.11. The molecule has 0 spiro atoms. The number of amidine groups is 1. The first kappa shape index (κ1) is 26.1. The molecule has 0 aliphatic carbocycles. The molecule has 7 N–H and O–H groups in total. The molecule has 186 valence electrons. The van der Waals surface area contributed by atoms with Crippen molar-refractivity contribution in [2.24, 2.45) is 5.73 Å². The Morgan fingerprint density at radius 1 is 0.833 bits per heavy atom. The Labute approximate surface area is 206 Å². The number of aliphatic carboxylic acids is 1. The van der Waals surface area contributed by atoms with Gasteiger partial charge in [0.1, 0.15) is 11.9 Å². The van der Waals surface area contributed by atoms with Crippen LogP contribution in [0.5, 0.6) is 0 Å². The number of sulfonamides is 1. The van der Waals surface area contributed by atoms with E-state index in [4.69, 9.17) is 11.1 Å². The van der Waals surface area contributed by atoms with Gasteiger partial charge in [-0.05, 0) is 60.7 Å². The second kappa shape index (κ2) is 11.3. The van der Waals surface area contributed by atoms with Crippen molar-refractivity contribution < 1.29 is 27.9 Å². The molecule has 12 heteroatoms. The molecular weight excluding hydrogens is 486 g/mol. The molecule has 1 unspecified atom stereocenters. The smallest absolute Gasteiger partial charge is 0.323 e. The first-order valence-corrected chi connectivity index (χ1v) is 12.0. The Kier molecular flexibility index (Phi) is 8.14. The molecule has 1 atom stereocenters. The molecule has 0 heterocycles. The normalized spacial score (nSPS) is 11.8. The van der Waals surface area contributed by atoms with E-state index in [1.54, 1.807) is 30.3 Å². The summed E-state index contributed by atoms with van der Waals surface area (Å²) in [6.07, 6.45) is 0. The molecule has 0 fully saturated rings. The van der Waals surface area contributed by atoms with Crippen LogP contribution in [0.1, 0.15) is 26.3 Å². The zero-order chi connectivity index (χ0) is 26.3. The molecule has 0 aliphatic rings. The number of carbonyl (C=O) groups excluding carboxylic acids is 2. The van der Waals surface area contributed by atoms with Gasteiger partial charge in [0.2, 0.25) is 10.0 Å². The van der Waals surface area contributed by atoms with Crippen LogP contribution in [-0.2, 0) is 14.8 Å². The number of carboxylic acids is 1. The fourth-order valence-corrected chi connectivity index (χ4v) is 4.25. The quantitative estimate of drug-likeness (QED) is 0.176. The van der Waals surface area contributed by atoms with Crippen molar-refractivity contribution >= 4 is 39.3 Å². The van der Waals surface area contributed by atoms with E-state index in [1.165, 1.54) is 48.5 Å². The van der Waals surface area contributed by atoms with Crippen LogP contribution in [0.4, 0.5) is 5.69 Å². The zero-order valence-corrected chi connectivity index (χ0v) is 19.6. The van der Waals surface area contributed by atoms with E-state index in [2.05, 4.69) is 15.4 Å². The van der Waals surface area contributed by atoms with Crippen LogP contribution in [0.15, 0.2) is 83.8 Å². The second-order valence-corrected chi connectivity index (χ2v) is 9.27. The van der Waals surface area contributed by atoms with Crippen molar-refractivity contribution in [3.8, 4) is 0 Å². The maximum atomic E-state index is 12.5. The van der Waals surface area contributed by atoms with Crippen molar-refractivity contribution in [2.45, 2.75) is 10.9 Å². The van der Waals surface area contributed by atoms with Gasteiger partial charge in [-0.15, -0.1) is 0 Å². The van der Waals surface area contributed by atoms with E-state index in [0.29, 0.717) is 11.3 Å². The lowest BCUT2D eigenvalue weighted by molar-refractivity contribution is -0.138. The van der Waals surface area contributed by atoms with Gasteiger partial charge in [0.15, 0.2) is 0 Å². The zero-order valence-electron chi connectivity index (χ0n) is 18.8. The van der Waals surface area contributed by atoms with Crippen LogP contribution < -0.4 is 21.1 Å². The van der Waals surface area contributed by atoms with Crippen molar-refractivity contribution in [3.05, 3.63) is 95.6 Å². The van der Waals surface area contributed by atoms with E-state index in [9.17, 15) is 27.9 Å². The van der Waals surface area contributed by atoms with Crippen LogP contribution in [0.25, 0.3) is 0 Å². The monoisotopic (exact) mass is 509 g/mol. The Bertz CT molecular complexity index is 1370. The SMILES string of the molecule is N=C(N)c1ccc(NC(=O)c2ccc(C(=O)NCC(NS(=O)(=O)c3ccccc3)C(=O)O)cc2)cc1. The third kappa shape index (κ3) is 6.74. The number of carboxylic acid groups (broad SMARTS) is 1. The Morgan fingerprint density at radius 3 is 1.89 bits per heavy atom. The fourth-order valence-electron chi connectivity index (χ4n) is 3.04. The lowest BCUT2D eigenvalue weighted by Crippen LogP contribution is -2.48. The van der Waals surface area contributed by atoms with Crippen LogP contribution >= 0.6 is 0 Å². The summed E-state index contributed by atoms with van der Waals surface area (Å²) in [6, 6.07) is 17.6. The van der Waals surface area contributed by atoms with Crippen LogP contribution in [0.2, 0.25) is 0 Å². The number of anilines is 1. The predicted molar refractivity (Wildman–Crippen MR) is 132 cm³/mol. The van der Waals surface area contributed by atoms with Crippen LogP contribution in [0, 0.1) is 5.41 Å². The van der Waals surface area contributed by atoms with Crippen molar-refractivity contribution in [3.63, 3.8) is 0 Å². The third-order valence-electron chi connectivity index (χ3n) is 4.98. The van der Waals surface area contributed by atoms with E-state index in [1.807, 2.05) is 0 Å². The molecule has 3 aromatic rings. The average Bonchev–Trinajstić information content (AvgIpc) is 2.87. The van der Waals surface area contributed by atoms with Gasteiger partial charge >= 0.3 is 5.97 Å². The summed E-state index contributed by atoms with van der Waals surface area (Å²) in [5, 5.41) is 21.8. The average molecular weight is 510 g/mol. The number of hydrogen-bond acceptors (Lipinski definition) is 6. The highest BCUT2D eigenvalue weighted by Gasteiger charge is 2.26. The minimum absolute atomic E-state index is 0.0926. The van der Waals surface area contributed by atoms with Crippen LogP contribution in [-0.4, -0.2) is 49.7 Å². The highest BCUT2D eigenvalue weighted by molar-refractivity contribution is 7.89. The largest absolute Gasteiger partial charge is 0.480 e. The molecule has 11 nitrogen and oxygen atoms in total. The Hall–Kier alpha value is -4.55. The molecule has 0 saturated heterocycles. The molecule has 3 aromatic carbocycles. The third-order valence-corrected chi connectivity index (χ3v) is 6.47. The molecule has 0 bridgehead atoms. The fraction of sp³-hybridized carbons (Fsp3) is 0.0833. The summed E-state index contributed by atoms with van der Waals surface area (Å²) in [7, 11) is -4.11. The van der Waals surface area contributed by atoms with Crippen molar-refractivity contribution in [2.75, 3.05) is 11.9 Å². The number of hydrogen-bond donors (Lipinski definition) is 6. The summed E-state index contributed by atoms with van der Waals surface area (Å²) < 4.78 is 26.9. The second-order valence-electron chi connectivity index (χ2n) is 7.56. The van der Waals surface area contributed by atoms with Gasteiger partial charge in [-0.3, -0.25) is 19.8 Å². The van der Waals surface area contributed by atoms with Gasteiger partial charge in [0, 0.05) is 28.9 Å². The van der Waals surface area contributed by atoms with E-state index < -0.39 is 40.4 Å². The molecular formula is C24H23N5O6S. The summed E-state index contributed by atoms with van der Waals surface area (Å²) in [6.45, 7) is -0.501. The number of carbonyl (C=O) groups is 3. The number of benzene rings is 3. The molecule has 0 saturated carbocycles. The van der Waals surface area contributed by atoms with Gasteiger partial charge < -0.3 is 21.5 Å². The van der Waals surface area contributed by atoms with E-state index in [0.717, 1.165) is 0 Å². The predicted octanol–water partition coefficient (Wildman–Crippen LogP) is 1.38. The summed E-state index contributed by atoms with van der Waals surface area (Å²) >= 11 is 0. The van der Waals surface area contributed by atoms with Crippen molar-refractivity contribution in [1.82, 2.24) is 10.0 Å². The lowest BCUT2D eigenvalue weighted by Gasteiger charge is -2.16. The minimum Gasteiger partial charge on any atom is -0.480 e. The highest BCUT2D eigenvalue weighted by Crippen LogP contribution is 2.12. The van der Waals surface area contributed by atoms with Gasteiger partial charge in [-0.25, -0.2) is 8.42 Å². The summed E-state index contributed by atoms with van der Waals surface area (Å²) in [4.78, 5) is 36.3. The number of nitrogen functional groups attached to an aromatic ring is 1. The summed E-state index contributed by atoms with van der Waals surface area (Å²) in [5.41, 5.74) is 6.82. The van der Waals surface area contributed by atoms with Gasteiger partial charge in [-0.2, -0.15) is 4.72 Å². The molecule has 36 heavy (non-hydrogen) atoms. The van der Waals surface area contributed by atoms with Crippen LogP contribution in [0.3, 0.4) is 0 Å². The molecule has 0 aliphatic heterocycles. The van der Waals surface area contributed by atoms with Gasteiger partial charge in [-0.1, -0.05) is 18.2 Å². The molecule has 0 aromatic heterocycles. The maximum Gasteiger partial charge on any atom is 0.323 e. The highest BCUT2D eigenvalue weighted by atomic mass is 32.2. The molecule has 3 rings (SSSR count). The first-order chi connectivity index (χ1) is 17.1. The van der Waals surface area contributed by atoms with Gasteiger partial charge in [0.05, 0.1) is 4.90 Å². The molecule has 0 radical (unpaired) electrons. The first-order valence-electron chi connectivity index (χ1n) is 10.5. The van der Waals surface area contributed by atoms with E-state index >= 15 is 0 Å². The molecule has 2 amide bonds. The standard InChI is InChI=1S/C24H23N5O6S/c25-21(26)15-10-12-18(13-11-15)28-23(31)17-8-6-16(7-9-17)22(30)27-14-20(24(32)33)29-36(34,35)19-4-2-1-3-5-19/h1-13,20,29H,14H2,(H3,25,26)(H,27,30)(H,28,31)(H,32,33). The Morgan fingerprint density at radius 2 is 1.36 bits per heavy atom. The Balaban J connectivity index is 1.59. The number of nitrogens with two attached hydrogens (primary N) is 1. The number of nitrogens with one attached hydrogen (secondary N) is 4. The number of rotatable bonds is 10. The van der Waals surface area contributed by atoms with E-state index in [-0.39, 0.29) is 21.9 Å². The maximum absolute atomic E-state index is 12.5. The lowest BCUT2D eigenvalue weighted by atomic mass is 10.1. The topological polar surface area (TPSA) is 192 Å². The number of amides is 2. The van der Waals surface area contributed by atoms with Crippen molar-refractivity contribution in [1.29, 1.82) is 5.41 Å². The van der Waals surface area contributed by atoms with Gasteiger partial charge in [0.25, 0.3) is 11.8 Å². The summed E-state index contributed by atoms with van der Waals surface area (Å²) in [5.74, 6) is -2.63.